The molecule has 0 bridgehead atoms. The zero-order chi connectivity index (χ0) is 33.5. The number of piperidine rings is 2. The second kappa shape index (κ2) is 15.4. The SMILES string of the molecule is Cc1cc2oc(C(=O)NCC(=O)N3CCC(c4ccccc4CN4CCCCC4=O)CC3)cc(=O)c2cc1C.Cc1ccc(Cl)cc1. The van der Waals surface area contributed by atoms with Crippen LogP contribution >= 0.6 is 11.6 Å². The number of nitrogens with zero attached hydrogens (tertiary/aromatic N) is 2. The van der Waals surface area contributed by atoms with Crippen LogP contribution in [-0.4, -0.2) is 53.7 Å². The molecule has 6 rings (SSSR count). The van der Waals surface area contributed by atoms with E-state index < -0.39 is 5.91 Å². The first-order chi connectivity index (χ1) is 22.6. The summed E-state index contributed by atoms with van der Waals surface area (Å²) in [7, 11) is 0. The zero-order valence-electron chi connectivity index (χ0n) is 27.3. The fraction of sp³-hybridized carbons (Fsp3) is 0.368. The Morgan fingerprint density at radius 1 is 0.894 bits per heavy atom. The van der Waals surface area contributed by atoms with Gasteiger partial charge in [0.25, 0.3) is 5.91 Å². The number of carbonyl (C=O) groups excluding carboxylic acids is 3. The Bertz CT molecular complexity index is 1790. The summed E-state index contributed by atoms with van der Waals surface area (Å²) in [4.78, 5) is 54.2. The number of hydrogen-bond acceptors (Lipinski definition) is 5. The summed E-state index contributed by atoms with van der Waals surface area (Å²) in [6.45, 7) is 8.36. The van der Waals surface area contributed by atoms with Crippen molar-refractivity contribution in [1.29, 1.82) is 0 Å². The normalized spacial score (nSPS) is 15.3. The van der Waals surface area contributed by atoms with E-state index in [2.05, 4.69) is 17.4 Å². The molecule has 2 saturated heterocycles. The van der Waals surface area contributed by atoms with Crippen LogP contribution in [0.1, 0.15) is 76.4 Å². The predicted octanol–water partition coefficient (Wildman–Crippen LogP) is 6.71. The molecule has 0 atom stereocenters. The number of carbonyl (C=O) groups is 3. The Balaban J connectivity index is 0.000000474. The highest BCUT2D eigenvalue weighted by molar-refractivity contribution is 6.30. The molecule has 2 aliphatic rings. The molecule has 0 radical (unpaired) electrons. The fourth-order valence-corrected chi connectivity index (χ4v) is 6.29. The van der Waals surface area contributed by atoms with Crippen molar-refractivity contribution < 1.29 is 18.8 Å². The minimum Gasteiger partial charge on any atom is -0.451 e. The maximum Gasteiger partial charge on any atom is 0.287 e. The molecule has 0 spiro atoms. The maximum absolute atomic E-state index is 12.9. The molecule has 2 aliphatic heterocycles. The Hall–Kier alpha value is -4.43. The van der Waals surface area contributed by atoms with E-state index in [1.54, 1.807) is 17.0 Å². The van der Waals surface area contributed by atoms with Crippen molar-refractivity contribution in [3.8, 4) is 0 Å². The fourth-order valence-electron chi connectivity index (χ4n) is 6.16. The van der Waals surface area contributed by atoms with E-state index in [-0.39, 0.29) is 29.5 Å². The van der Waals surface area contributed by atoms with Crippen LogP contribution in [0.25, 0.3) is 11.0 Å². The Morgan fingerprint density at radius 2 is 1.60 bits per heavy atom. The minimum atomic E-state index is -0.586. The van der Waals surface area contributed by atoms with E-state index in [0.717, 1.165) is 48.4 Å². The number of fused-ring (bicyclic) bond motifs is 1. The summed E-state index contributed by atoms with van der Waals surface area (Å²) in [6.07, 6.45) is 4.30. The van der Waals surface area contributed by atoms with Crippen molar-refractivity contribution in [3.63, 3.8) is 0 Å². The lowest BCUT2D eigenvalue weighted by atomic mass is 9.86. The molecule has 1 aromatic heterocycles. The lowest BCUT2D eigenvalue weighted by Gasteiger charge is -2.34. The highest BCUT2D eigenvalue weighted by Gasteiger charge is 2.27. The van der Waals surface area contributed by atoms with Crippen LogP contribution in [-0.2, 0) is 16.1 Å². The summed E-state index contributed by atoms with van der Waals surface area (Å²) >= 11 is 5.61. The number of hydrogen-bond donors (Lipinski definition) is 1. The molecular formula is C38H42ClN3O5. The van der Waals surface area contributed by atoms with Gasteiger partial charge in [0.2, 0.25) is 11.8 Å². The first-order valence-corrected chi connectivity index (χ1v) is 16.7. The predicted molar refractivity (Wildman–Crippen MR) is 185 cm³/mol. The third-order valence-electron chi connectivity index (χ3n) is 9.10. The smallest absolute Gasteiger partial charge is 0.287 e. The summed E-state index contributed by atoms with van der Waals surface area (Å²) < 4.78 is 5.69. The first kappa shape index (κ1) is 33.9. The number of benzene rings is 3. The molecule has 0 saturated carbocycles. The standard InChI is InChI=1S/C31H35N3O5.C7H7Cl/c1-20-15-25-26(35)17-28(39-27(25)16-21(20)2)31(38)32-18-30(37)33-13-10-22(11-14-33)24-8-4-3-7-23(24)19-34-12-6-5-9-29(34)36;1-6-2-4-7(8)5-3-6/h3-4,7-8,15-17,22H,5-6,9-14,18-19H2,1-2H3,(H,32,38);2-5H,1H3. The van der Waals surface area contributed by atoms with Crippen LogP contribution in [0.3, 0.4) is 0 Å². The van der Waals surface area contributed by atoms with Gasteiger partial charge in [-0.2, -0.15) is 0 Å². The van der Waals surface area contributed by atoms with Crippen molar-refractivity contribution in [2.75, 3.05) is 26.2 Å². The summed E-state index contributed by atoms with van der Waals surface area (Å²) in [5, 5.41) is 3.85. The van der Waals surface area contributed by atoms with Crippen molar-refractivity contribution in [3.05, 3.63) is 116 Å². The van der Waals surface area contributed by atoms with Gasteiger partial charge in [-0.25, -0.2) is 0 Å². The lowest BCUT2D eigenvalue weighted by molar-refractivity contribution is -0.134. The van der Waals surface area contributed by atoms with Crippen LogP contribution in [0.5, 0.6) is 0 Å². The molecule has 0 aliphatic carbocycles. The summed E-state index contributed by atoms with van der Waals surface area (Å²) in [6, 6.07) is 20.8. The Labute approximate surface area is 280 Å². The van der Waals surface area contributed by atoms with Gasteiger partial charge in [-0.1, -0.05) is 53.6 Å². The van der Waals surface area contributed by atoms with E-state index in [9.17, 15) is 19.2 Å². The number of halogens is 1. The van der Waals surface area contributed by atoms with Crippen LogP contribution in [0, 0.1) is 20.8 Å². The molecule has 4 aromatic rings. The second-order valence-electron chi connectivity index (χ2n) is 12.5. The summed E-state index contributed by atoms with van der Waals surface area (Å²) in [5.74, 6) is -0.309. The maximum atomic E-state index is 12.9. The van der Waals surface area contributed by atoms with Gasteiger partial charge in [-0.15, -0.1) is 0 Å². The van der Waals surface area contributed by atoms with Gasteiger partial charge in [0, 0.05) is 43.7 Å². The van der Waals surface area contributed by atoms with Crippen LogP contribution in [0.4, 0.5) is 0 Å². The molecule has 3 amide bonds. The third-order valence-corrected chi connectivity index (χ3v) is 9.36. The second-order valence-corrected chi connectivity index (χ2v) is 12.9. The van der Waals surface area contributed by atoms with Gasteiger partial charge in [-0.3, -0.25) is 19.2 Å². The highest BCUT2D eigenvalue weighted by Crippen LogP contribution is 2.31. The van der Waals surface area contributed by atoms with Crippen LogP contribution < -0.4 is 10.7 Å². The van der Waals surface area contributed by atoms with Crippen molar-refractivity contribution in [2.45, 2.75) is 65.3 Å². The van der Waals surface area contributed by atoms with Gasteiger partial charge in [0.05, 0.1) is 11.9 Å². The average Bonchev–Trinajstić information content (AvgIpc) is 3.07. The largest absolute Gasteiger partial charge is 0.451 e. The highest BCUT2D eigenvalue weighted by atomic mass is 35.5. The molecule has 8 nitrogen and oxygen atoms in total. The molecule has 246 valence electrons. The molecule has 9 heteroatoms. The quantitative estimate of drug-likeness (QED) is 0.249. The van der Waals surface area contributed by atoms with Crippen molar-refractivity contribution in [1.82, 2.24) is 15.1 Å². The first-order valence-electron chi connectivity index (χ1n) is 16.3. The number of rotatable bonds is 6. The van der Waals surface area contributed by atoms with Gasteiger partial charge in [-0.05, 0) is 98.9 Å². The monoisotopic (exact) mass is 655 g/mol. The third kappa shape index (κ3) is 8.69. The molecule has 0 unspecified atom stereocenters. The lowest BCUT2D eigenvalue weighted by Crippen LogP contribution is -2.44. The molecule has 1 N–H and O–H groups in total. The van der Waals surface area contributed by atoms with E-state index in [1.807, 2.05) is 62.1 Å². The van der Waals surface area contributed by atoms with Gasteiger partial charge in [0.15, 0.2) is 11.2 Å². The molecule has 3 heterocycles. The van der Waals surface area contributed by atoms with Crippen molar-refractivity contribution in [2.24, 2.45) is 0 Å². The van der Waals surface area contributed by atoms with E-state index in [1.165, 1.54) is 22.8 Å². The topological polar surface area (TPSA) is 99.9 Å². The van der Waals surface area contributed by atoms with E-state index >= 15 is 0 Å². The van der Waals surface area contributed by atoms with Crippen molar-refractivity contribution >= 4 is 40.3 Å². The van der Waals surface area contributed by atoms with Crippen LogP contribution in [0.15, 0.2) is 75.9 Å². The minimum absolute atomic E-state index is 0.106. The Kier molecular flexibility index (Phi) is 11.1. The van der Waals surface area contributed by atoms with Gasteiger partial charge >= 0.3 is 0 Å². The molecular weight excluding hydrogens is 614 g/mol. The van der Waals surface area contributed by atoms with Crippen LogP contribution in [0.2, 0.25) is 5.02 Å². The number of amides is 3. The van der Waals surface area contributed by atoms with Gasteiger partial charge in [0.1, 0.15) is 5.58 Å². The van der Waals surface area contributed by atoms with E-state index in [0.29, 0.717) is 42.9 Å². The average molecular weight is 656 g/mol. The zero-order valence-corrected chi connectivity index (χ0v) is 28.1. The Morgan fingerprint density at radius 3 is 2.30 bits per heavy atom. The molecule has 47 heavy (non-hydrogen) atoms. The molecule has 2 fully saturated rings. The van der Waals surface area contributed by atoms with Gasteiger partial charge < -0.3 is 19.5 Å². The number of aryl methyl sites for hydroxylation is 3. The number of nitrogens with one attached hydrogen (secondary N) is 1. The summed E-state index contributed by atoms with van der Waals surface area (Å²) in [5.41, 5.74) is 5.69. The molecule has 3 aromatic carbocycles. The van der Waals surface area contributed by atoms with E-state index in [4.69, 9.17) is 16.0 Å². The number of likely N-dealkylation sites (tertiary alicyclic amines) is 2.